The van der Waals surface area contributed by atoms with Crippen LogP contribution in [0.15, 0.2) is 35.0 Å². The molecule has 0 radical (unpaired) electrons. The number of hydrogen-bond donors (Lipinski definition) is 3. The van der Waals surface area contributed by atoms with E-state index in [0.29, 0.717) is 0 Å². The smallest absolute Gasteiger partial charge is 0.0632 e. The number of hydrogen-bond acceptors (Lipinski definition) is 5. The highest BCUT2D eigenvalue weighted by Gasteiger charge is 2.02. The van der Waals surface area contributed by atoms with Crippen LogP contribution < -0.4 is 11.5 Å². The lowest BCUT2D eigenvalue weighted by Crippen LogP contribution is -2.12. The maximum absolute atomic E-state index is 8.59. The molecule has 17 heavy (non-hydrogen) atoms. The molecular weight excluding hydrogens is 252 g/mol. The van der Waals surface area contributed by atoms with Crippen LogP contribution in [-0.2, 0) is 0 Å². The summed E-state index contributed by atoms with van der Waals surface area (Å²) in [5.74, 6) is 0. The van der Waals surface area contributed by atoms with Gasteiger partial charge in [-0.2, -0.15) is 0 Å². The van der Waals surface area contributed by atoms with E-state index in [-0.39, 0.29) is 18.7 Å². The average molecular weight is 270 g/mol. The fourth-order valence-corrected chi connectivity index (χ4v) is 2.55. The molecule has 0 aliphatic heterocycles. The molecule has 0 spiro atoms. The highest BCUT2D eigenvalue weighted by atomic mass is 32.1. The van der Waals surface area contributed by atoms with Gasteiger partial charge in [-0.1, -0.05) is 12.1 Å². The lowest BCUT2D eigenvalue weighted by Gasteiger charge is -2.01. The molecule has 0 saturated heterocycles. The summed E-state index contributed by atoms with van der Waals surface area (Å²) >= 11 is 3.28. The Balaban J connectivity index is 0.000000171. The average Bonchev–Trinajstić information content (AvgIpc) is 3.01. The molecule has 2 unspecified atom stereocenters. The Hall–Kier alpha value is -0.720. The summed E-state index contributed by atoms with van der Waals surface area (Å²) < 4.78 is 0. The summed E-state index contributed by atoms with van der Waals surface area (Å²) in [6.45, 7) is 2.02. The van der Waals surface area contributed by atoms with Crippen LogP contribution in [0.4, 0.5) is 0 Å². The Bertz CT molecular complexity index is 385. The standard InChI is InChI=1S/C6H9NOS.C6H9NS/c7-5(4-8)6-2-1-3-9-6;1-5(7)6-3-2-4-8-6/h1-3,5,8H,4,7H2;2-5H,7H2,1H3. The number of aliphatic hydroxyl groups excluding tert-OH is 1. The fraction of sp³-hybridized carbons (Fsp3) is 0.333. The second kappa shape index (κ2) is 7.58. The zero-order chi connectivity index (χ0) is 12.7. The van der Waals surface area contributed by atoms with E-state index in [9.17, 15) is 0 Å². The molecule has 2 aromatic heterocycles. The summed E-state index contributed by atoms with van der Waals surface area (Å²) in [7, 11) is 0. The summed E-state index contributed by atoms with van der Waals surface area (Å²) in [5.41, 5.74) is 11.1. The third-order valence-corrected chi connectivity index (χ3v) is 4.17. The maximum atomic E-state index is 8.59. The van der Waals surface area contributed by atoms with E-state index < -0.39 is 0 Å². The SMILES string of the molecule is CC(N)c1cccs1.NC(CO)c1cccs1. The second-order valence-corrected chi connectivity index (χ2v) is 5.57. The minimum atomic E-state index is -0.190. The van der Waals surface area contributed by atoms with E-state index in [1.165, 1.54) is 4.88 Å². The van der Waals surface area contributed by atoms with Crippen LogP contribution in [0.25, 0.3) is 0 Å². The van der Waals surface area contributed by atoms with Crippen LogP contribution >= 0.6 is 22.7 Å². The molecule has 5 N–H and O–H groups in total. The monoisotopic (exact) mass is 270 g/mol. The van der Waals surface area contributed by atoms with Crippen LogP contribution in [0, 0.1) is 0 Å². The molecule has 5 heteroatoms. The van der Waals surface area contributed by atoms with Crippen molar-refractivity contribution in [1.82, 2.24) is 0 Å². The molecule has 2 aromatic rings. The lowest BCUT2D eigenvalue weighted by atomic mass is 10.3. The van der Waals surface area contributed by atoms with Crippen LogP contribution in [0.3, 0.4) is 0 Å². The molecular formula is C12H18N2OS2. The third kappa shape index (κ3) is 4.97. The van der Waals surface area contributed by atoms with E-state index in [4.69, 9.17) is 16.6 Å². The molecule has 0 bridgehead atoms. The highest BCUT2D eigenvalue weighted by Crippen LogP contribution is 2.15. The maximum Gasteiger partial charge on any atom is 0.0632 e. The Morgan fingerprint density at radius 2 is 1.65 bits per heavy atom. The first-order valence-corrected chi connectivity index (χ1v) is 7.10. The molecule has 94 valence electrons. The van der Waals surface area contributed by atoms with Crippen molar-refractivity contribution in [1.29, 1.82) is 0 Å². The largest absolute Gasteiger partial charge is 0.394 e. The summed E-state index contributed by atoms with van der Waals surface area (Å²) in [6, 6.07) is 7.93. The quantitative estimate of drug-likeness (QED) is 0.802. The Kier molecular flexibility index (Phi) is 6.39. The van der Waals surface area contributed by atoms with Gasteiger partial charge in [-0.25, -0.2) is 0 Å². The molecule has 2 heterocycles. The zero-order valence-electron chi connectivity index (χ0n) is 9.74. The topological polar surface area (TPSA) is 72.3 Å². The van der Waals surface area contributed by atoms with Crippen molar-refractivity contribution in [3.63, 3.8) is 0 Å². The van der Waals surface area contributed by atoms with Gasteiger partial charge in [0, 0.05) is 15.8 Å². The molecule has 3 nitrogen and oxygen atoms in total. The normalized spacial score (nSPS) is 13.6. The van der Waals surface area contributed by atoms with Crippen LogP contribution in [0.2, 0.25) is 0 Å². The molecule has 2 atom stereocenters. The van der Waals surface area contributed by atoms with Crippen molar-refractivity contribution in [2.75, 3.05) is 6.61 Å². The van der Waals surface area contributed by atoms with Gasteiger partial charge >= 0.3 is 0 Å². The van der Waals surface area contributed by atoms with Gasteiger partial charge in [0.1, 0.15) is 0 Å². The molecule has 2 rings (SSSR count). The van der Waals surface area contributed by atoms with E-state index >= 15 is 0 Å². The predicted octanol–water partition coefficient (Wildman–Crippen LogP) is 2.51. The van der Waals surface area contributed by atoms with Gasteiger partial charge in [0.2, 0.25) is 0 Å². The third-order valence-electron chi connectivity index (χ3n) is 2.10. The number of thiophene rings is 2. The van der Waals surface area contributed by atoms with Gasteiger partial charge in [0.05, 0.1) is 12.6 Å². The molecule has 0 aliphatic carbocycles. The van der Waals surface area contributed by atoms with E-state index in [2.05, 4.69) is 6.07 Å². The molecule has 0 saturated carbocycles. The van der Waals surface area contributed by atoms with Crippen molar-refractivity contribution >= 4 is 22.7 Å². The highest BCUT2D eigenvalue weighted by molar-refractivity contribution is 7.10. The Labute approximate surface area is 110 Å². The fourth-order valence-electron chi connectivity index (χ4n) is 1.14. The molecule has 0 aromatic carbocycles. The number of nitrogens with two attached hydrogens (primary N) is 2. The van der Waals surface area contributed by atoms with Crippen molar-refractivity contribution in [2.24, 2.45) is 11.5 Å². The van der Waals surface area contributed by atoms with E-state index in [0.717, 1.165) is 4.88 Å². The van der Waals surface area contributed by atoms with E-state index in [1.807, 2.05) is 35.9 Å². The molecule has 0 amide bonds. The first-order chi connectivity index (χ1) is 8.15. The molecule has 0 aliphatic rings. The second-order valence-electron chi connectivity index (χ2n) is 3.61. The van der Waals surface area contributed by atoms with Gasteiger partial charge in [0.15, 0.2) is 0 Å². The van der Waals surface area contributed by atoms with Gasteiger partial charge in [0.25, 0.3) is 0 Å². The lowest BCUT2D eigenvalue weighted by molar-refractivity contribution is 0.269. The summed E-state index contributed by atoms with van der Waals surface area (Å²) in [5, 5.41) is 12.6. The summed E-state index contributed by atoms with van der Waals surface area (Å²) in [6.07, 6.45) is 0. The first-order valence-electron chi connectivity index (χ1n) is 5.34. The van der Waals surface area contributed by atoms with Gasteiger partial charge in [-0.15, -0.1) is 22.7 Å². The Morgan fingerprint density at radius 3 is 1.94 bits per heavy atom. The van der Waals surface area contributed by atoms with Crippen molar-refractivity contribution in [3.05, 3.63) is 44.8 Å². The van der Waals surface area contributed by atoms with Gasteiger partial charge in [-0.05, 0) is 29.8 Å². The molecule has 0 fully saturated rings. The van der Waals surface area contributed by atoms with Crippen LogP contribution in [0.1, 0.15) is 28.8 Å². The van der Waals surface area contributed by atoms with Crippen molar-refractivity contribution in [2.45, 2.75) is 19.0 Å². The van der Waals surface area contributed by atoms with Crippen molar-refractivity contribution < 1.29 is 5.11 Å². The van der Waals surface area contributed by atoms with Gasteiger partial charge in [-0.3, -0.25) is 0 Å². The Morgan fingerprint density at radius 1 is 1.12 bits per heavy atom. The predicted molar refractivity (Wildman–Crippen MR) is 75.3 cm³/mol. The van der Waals surface area contributed by atoms with Crippen molar-refractivity contribution in [3.8, 4) is 0 Å². The number of aliphatic hydroxyl groups is 1. The van der Waals surface area contributed by atoms with Crippen LogP contribution in [0.5, 0.6) is 0 Å². The zero-order valence-corrected chi connectivity index (χ0v) is 11.4. The van der Waals surface area contributed by atoms with E-state index in [1.54, 1.807) is 22.7 Å². The van der Waals surface area contributed by atoms with Crippen LogP contribution in [-0.4, -0.2) is 11.7 Å². The minimum absolute atomic E-state index is 0.0283. The number of rotatable bonds is 3. The minimum Gasteiger partial charge on any atom is -0.394 e. The van der Waals surface area contributed by atoms with Gasteiger partial charge < -0.3 is 16.6 Å². The summed E-state index contributed by atoms with van der Waals surface area (Å²) in [4.78, 5) is 2.29. The first kappa shape index (κ1) is 14.3.